The Kier molecular flexibility index (Phi) is 2.93. The highest BCUT2D eigenvalue weighted by molar-refractivity contribution is 5.75. The minimum absolute atomic E-state index is 0.239. The third kappa shape index (κ3) is 2.00. The van der Waals surface area contributed by atoms with Crippen molar-refractivity contribution >= 4 is 5.57 Å². The molecular weight excluding hydrogens is 166 g/mol. The standard InChI is InChI=1S/C10H9NO2/c1-13-10-4-2-8(3-5-10)9(6-11)7-12/h2-5,7,12H,1H3. The van der Waals surface area contributed by atoms with Crippen molar-refractivity contribution in [3.05, 3.63) is 36.1 Å². The Labute approximate surface area is 76.5 Å². The summed E-state index contributed by atoms with van der Waals surface area (Å²) in [5.74, 6) is 0.721. The second-order valence-corrected chi connectivity index (χ2v) is 2.38. The Hall–Kier alpha value is -1.95. The smallest absolute Gasteiger partial charge is 0.118 e. The van der Waals surface area contributed by atoms with Crippen LogP contribution in [0.25, 0.3) is 5.57 Å². The molecule has 0 radical (unpaired) electrons. The van der Waals surface area contributed by atoms with E-state index in [2.05, 4.69) is 0 Å². The van der Waals surface area contributed by atoms with Crippen LogP contribution in [0.3, 0.4) is 0 Å². The summed E-state index contributed by atoms with van der Waals surface area (Å²) in [6.07, 6.45) is 0.793. The summed E-state index contributed by atoms with van der Waals surface area (Å²) in [7, 11) is 1.57. The predicted octanol–water partition coefficient (Wildman–Crippen LogP) is 2.12. The Morgan fingerprint density at radius 3 is 2.46 bits per heavy atom. The molecule has 1 aromatic carbocycles. The van der Waals surface area contributed by atoms with E-state index in [1.165, 1.54) is 0 Å². The van der Waals surface area contributed by atoms with E-state index in [0.717, 1.165) is 12.0 Å². The lowest BCUT2D eigenvalue weighted by molar-refractivity contribution is 0.415. The molecule has 1 rings (SSSR count). The number of hydrogen-bond acceptors (Lipinski definition) is 3. The number of hydrogen-bond donors (Lipinski definition) is 1. The Morgan fingerprint density at radius 2 is 2.08 bits per heavy atom. The molecule has 0 aliphatic carbocycles. The highest BCUT2D eigenvalue weighted by atomic mass is 16.5. The van der Waals surface area contributed by atoms with Crippen LogP contribution in [0.15, 0.2) is 30.5 Å². The van der Waals surface area contributed by atoms with Crippen LogP contribution in [-0.2, 0) is 0 Å². The fraction of sp³-hybridized carbons (Fsp3) is 0.100. The molecular formula is C10H9NO2. The fourth-order valence-corrected chi connectivity index (χ4v) is 0.939. The first-order chi connectivity index (χ1) is 6.31. The second kappa shape index (κ2) is 4.17. The SMILES string of the molecule is COc1ccc(C(C#N)=CO)cc1. The molecule has 0 saturated carbocycles. The topological polar surface area (TPSA) is 53.2 Å². The van der Waals surface area contributed by atoms with Crippen molar-refractivity contribution in [2.45, 2.75) is 0 Å². The highest BCUT2D eigenvalue weighted by Gasteiger charge is 1.99. The van der Waals surface area contributed by atoms with Gasteiger partial charge < -0.3 is 9.84 Å². The summed E-state index contributed by atoms with van der Waals surface area (Å²) >= 11 is 0. The van der Waals surface area contributed by atoms with Crippen molar-refractivity contribution in [1.82, 2.24) is 0 Å². The molecule has 1 aromatic rings. The average molecular weight is 175 g/mol. The first kappa shape index (κ1) is 9.14. The van der Waals surface area contributed by atoms with Crippen molar-refractivity contribution in [2.24, 2.45) is 0 Å². The van der Waals surface area contributed by atoms with E-state index in [1.54, 1.807) is 31.4 Å². The largest absolute Gasteiger partial charge is 0.514 e. The summed E-state index contributed by atoms with van der Waals surface area (Å²) in [5.41, 5.74) is 0.911. The molecule has 0 bridgehead atoms. The van der Waals surface area contributed by atoms with Gasteiger partial charge in [-0.15, -0.1) is 0 Å². The molecule has 0 aliphatic rings. The van der Waals surface area contributed by atoms with Crippen molar-refractivity contribution in [2.75, 3.05) is 7.11 Å². The number of allylic oxidation sites excluding steroid dienone is 1. The first-order valence-corrected chi connectivity index (χ1v) is 3.70. The lowest BCUT2D eigenvalue weighted by Crippen LogP contribution is -1.84. The zero-order valence-corrected chi connectivity index (χ0v) is 7.19. The quantitative estimate of drug-likeness (QED) is 0.553. The van der Waals surface area contributed by atoms with Gasteiger partial charge in [0.2, 0.25) is 0 Å². The summed E-state index contributed by atoms with van der Waals surface area (Å²) < 4.78 is 4.95. The molecule has 0 heterocycles. The monoisotopic (exact) mass is 175 g/mol. The van der Waals surface area contributed by atoms with E-state index in [1.807, 2.05) is 6.07 Å². The van der Waals surface area contributed by atoms with Gasteiger partial charge in [-0.1, -0.05) is 0 Å². The Morgan fingerprint density at radius 1 is 1.46 bits per heavy atom. The van der Waals surface area contributed by atoms with E-state index < -0.39 is 0 Å². The van der Waals surface area contributed by atoms with Gasteiger partial charge in [-0.2, -0.15) is 5.26 Å². The highest BCUT2D eigenvalue weighted by Crippen LogP contribution is 2.17. The summed E-state index contributed by atoms with van der Waals surface area (Å²) in [4.78, 5) is 0. The van der Waals surface area contributed by atoms with E-state index in [4.69, 9.17) is 15.1 Å². The van der Waals surface area contributed by atoms with E-state index in [-0.39, 0.29) is 5.57 Å². The molecule has 0 aliphatic heterocycles. The van der Waals surface area contributed by atoms with Crippen LogP contribution < -0.4 is 4.74 Å². The van der Waals surface area contributed by atoms with Crippen LogP contribution >= 0.6 is 0 Å². The fourth-order valence-electron chi connectivity index (χ4n) is 0.939. The van der Waals surface area contributed by atoms with E-state index in [0.29, 0.717) is 5.56 Å². The van der Waals surface area contributed by atoms with Gasteiger partial charge in [0.25, 0.3) is 0 Å². The Bertz CT molecular complexity index is 346. The predicted molar refractivity (Wildman–Crippen MR) is 49.2 cm³/mol. The van der Waals surface area contributed by atoms with Crippen LogP contribution in [0.1, 0.15) is 5.56 Å². The maximum Gasteiger partial charge on any atom is 0.118 e. The minimum Gasteiger partial charge on any atom is -0.514 e. The lowest BCUT2D eigenvalue weighted by Gasteiger charge is -2.00. The molecule has 0 atom stereocenters. The summed E-state index contributed by atoms with van der Waals surface area (Å²) in [6, 6.07) is 8.77. The van der Waals surface area contributed by atoms with Crippen LogP contribution in [0.5, 0.6) is 5.75 Å². The molecule has 0 saturated heterocycles. The number of aliphatic hydroxyl groups is 1. The maximum absolute atomic E-state index is 8.69. The van der Waals surface area contributed by atoms with Crippen LogP contribution in [0.4, 0.5) is 0 Å². The molecule has 0 amide bonds. The van der Waals surface area contributed by atoms with Crippen LogP contribution in [0, 0.1) is 11.3 Å². The molecule has 3 heteroatoms. The van der Waals surface area contributed by atoms with Crippen molar-refractivity contribution in [1.29, 1.82) is 5.26 Å². The molecule has 1 N–H and O–H groups in total. The molecule has 0 unspecified atom stereocenters. The molecule has 0 spiro atoms. The first-order valence-electron chi connectivity index (χ1n) is 3.70. The lowest BCUT2D eigenvalue weighted by atomic mass is 10.1. The van der Waals surface area contributed by atoms with Gasteiger partial charge in [-0.05, 0) is 29.8 Å². The van der Waals surface area contributed by atoms with Crippen molar-refractivity contribution < 1.29 is 9.84 Å². The number of nitriles is 1. The zero-order chi connectivity index (χ0) is 9.68. The normalized spacial score (nSPS) is 10.6. The number of benzene rings is 1. The maximum atomic E-state index is 8.69. The summed E-state index contributed by atoms with van der Waals surface area (Å²) in [5, 5.41) is 17.3. The molecule has 13 heavy (non-hydrogen) atoms. The van der Waals surface area contributed by atoms with E-state index >= 15 is 0 Å². The van der Waals surface area contributed by atoms with Gasteiger partial charge >= 0.3 is 0 Å². The molecule has 66 valence electrons. The average Bonchev–Trinajstić information content (AvgIpc) is 2.21. The van der Waals surface area contributed by atoms with Crippen molar-refractivity contribution in [3.8, 4) is 11.8 Å². The molecule has 0 fully saturated rings. The van der Waals surface area contributed by atoms with Crippen LogP contribution in [-0.4, -0.2) is 12.2 Å². The van der Waals surface area contributed by atoms with Crippen LogP contribution in [0.2, 0.25) is 0 Å². The third-order valence-corrected chi connectivity index (χ3v) is 1.65. The van der Waals surface area contributed by atoms with Gasteiger partial charge in [0.15, 0.2) is 0 Å². The van der Waals surface area contributed by atoms with Gasteiger partial charge in [0.1, 0.15) is 11.8 Å². The molecule has 0 aromatic heterocycles. The number of nitrogens with zero attached hydrogens (tertiary/aromatic N) is 1. The second-order valence-electron chi connectivity index (χ2n) is 2.38. The minimum atomic E-state index is 0.239. The summed E-state index contributed by atoms with van der Waals surface area (Å²) in [6.45, 7) is 0. The number of rotatable bonds is 2. The van der Waals surface area contributed by atoms with Gasteiger partial charge in [0, 0.05) is 0 Å². The van der Waals surface area contributed by atoms with E-state index in [9.17, 15) is 0 Å². The number of ether oxygens (including phenoxy) is 1. The van der Waals surface area contributed by atoms with Crippen molar-refractivity contribution in [3.63, 3.8) is 0 Å². The Balaban J connectivity index is 3.00. The zero-order valence-electron chi connectivity index (χ0n) is 7.19. The third-order valence-electron chi connectivity index (χ3n) is 1.65. The van der Waals surface area contributed by atoms with Gasteiger partial charge in [-0.3, -0.25) is 0 Å². The van der Waals surface area contributed by atoms with Gasteiger partial charge in [-0.25, -0.2) is 0 Å². The number of methoxy groups -OCH3 is 1. The number of aliphatic hydroxyl groups excluding tert-OH is 1. The molecule has 3 nitrogen and oxygen atoms in total. The van der Waals surface area contributed by atoms with Gasteiger partial charge in [0.05, 0.1) is 18.9 Å².